The summed E-state index contributed by atoms with van der Waals surface area (Å²) in [6.45, 7) is -0.645. The molecule has 0 fully saturated rings. The Labute approximate surface area is 103 Å². The lowest BCUT2D eigenvalue weighted by Crippen LogP contribution is -2.22. The average Bonchev–Trinajstić information content (AvgIpc) is 2.24. The van der Waals surface area contributed by atoms with E-state index in [1.807, 2.05) is 4.72 Å². The van der Waals surface area contributed by atoms with Gasteiger partial charge in [0, 0.05) is 0 Å². The van der Waals surface area contributed by atoms with E-state index < -0.39 is 22.8 Å². The largest absolute Gasteiger partial charge is 0.480 e. The van der Waals surface area contributed by atoms with Gasteiger partial charge in [-0.3, -0.25) is 4.72 Å². The third-order valence-electron chi connectivity index (χ3n) is 1.74. The normalized spacial score (nSPS) is 10.4. The van der Waals surface area contributed by atoms with Crippen molar-refractivity contribution in [1.82, 2.24) is 0 Å². The van der Waals surface area contributed by atoms with Gasteiger partial charge in [0.1, 0.15) is 17.4 Å². The molecule has 1 aromatic carbocycles. The number of nitriles is 1. The summed E-state index contributed by atoms with van der Waals surface area (Å²) in [5.41, 5.74) is -0.226. The van der Waals surface area contributed by atoms with Gasteiger partial charge in [-0.25, -0.2) is 9.93 Å². The molecule has 18 heavy (non-hydrogen) atoms. The van der Waals surface area contributed by atoms with E-state index in [0.29, 0.717) is 0 Å². The van der Waals surface area contributed by atoms with Gasteiger partial charge in [0.2, 0.25) is 0 Å². The highest BCUT2D eigenvalue weighted by molar-refractivity contribution is 7.90. The van der Waals surface area contributed by atoms with Gasteiger partial charge in [-0.1, -0.05) is 6.07 Å². The number of ether oxygens (including phenoxy) is 1. The first-order chi connectivity index (χ1) is 8.33. The van der Waals surface area contributed by atoms with Crippen molar-refractivity contribution in [3.8, 4) is 11.8 Å². The van der Waals surface area contributed by atoms with Crippen LogP contribution in [0.4, 0.5) is 5.69 Å². The van der Waals surface area contributed by atoms with E-state index in [1.165, 1.54) is 18.2 Å². The van der Waals surface area contributed by atoms with Gasteiger partial charge in [-0.15, -0.1) is 0 Å². The minimum atomic E-state index is -4.03. The van der Waals surface area contributed by atoms with E-state index in [4.69, 9.17) is 20.2 Å². The highest BCUT2D eigenvalue weighted by Gasteiger charge is 2.13. The summed E-state index contributed by atoms with van der Waals surface area (Å²) in [4.78, 5) is 10.3. The molecule has 0 atom stereocenters. The highest BCUT2D eigenvalue weighted by Crippen LogP contribution is 2.26. The quantitative estimate of drug-likeness (QED) is 0.667. The van der Waals surface area contributed by atoms with Crippen molar-refractivity contribution < 1.29 is 23.1 Å². The molecule has 0 heterocycles. The van der Waals surface area contributed by atoms with Crippen molar-refractivity contribution in [3.05, 3.63) is 23.8 Å². The van der Waals surface area contributed by atoms with Gasteiger partial charge >= 0.3 is 5.97 Å². The number of nitrogens with two attached hydrogens (primary N) is 1. The molecule has 9 heteroatoms. The molecule has 0 spiro atoms. The zero-order valence-corrected chi connectivity index (χ0v) is 9.77. The second-order valence-electron chi connectivity index (χ2n) is 3.12. The standard InChI is InChI=1S/C9H9N3O5S/c10-4-6-7(12-18(11,15)16)2-1-3-8(6)17-5-9(13)14/h1-3,12H,5H2,(H,13,14)(H2,11,15,16). The summed E-state index contributed by atoms with van der Waals surface area (Å²) in [7, 11) is -4.03. The molecule has 1 aromatic rings. The van der Waals surface area contributed by atoms with Crippen LogP contribution in [-0.4, -0.2) is 26.1 Å². The monoisotopic (exact) mass is 271 g/mol. The molecule has 1 rings (SSSR count). The van der Waals surface area contributed by atoms with E-state index in [-0.39, 0.29) is 17.0 Å². The molecule has 0 amide bonds. The maximum atomic E-state index is 10.9. The molecule has 4 N–H and O–H groups in total. The Bertz CT molecular complexity index is 605. The minimum Gasteiger partial charge on any atom is -0.480 e. The number of carbonyl (C=O) groups is 1. The van der Waals surface area contributed by atoms with Crippen molar-refractivity contribution in [3.63, 3.8) is 0 Å². The molecule has 0 bridgehead atoms. The third kappa shape index (κ3) is 3.93. The Morgan fingerprint density at radius 1 is 1.56 bits per heavy atom. The molecule has 0 radical (unpaired) electrons. The molecule has 0 saturated carbocycles. The van der Waals surface area contributed by atoms with Gasteiger partial charge in [0.15, 0.2) is 6.61 Å². The Balaban J connectivity index is 3.11. The van der Waals surface area contributed by atoms with Crippen LogP contribution in [-0.2, 0) is 15.0 Å². The number of anilines is 1. The molecule has 0 aliphatic rings. The summed E-state index contributed by atoms with van der Waals surface area (Å²) < 4.78 is 28.5. The van der Waals surface area contributed by atoms with E-state index >= 15 is 0 Å². The molecule has 0 unspecified atom stereocenters. The number of nitrogens with zero attached hydrogens (tertiary/aromatic N) is 1. The number of carboxylic acid groups (broad SMARTS) is 1. The van der Waals surface area contributed by atoms with E-state index in [0.717, 1.165) is 0 Å². The van der Waals surface area contributed by atoms with Crippen LogP contribution >= 0.6 is 0 Å². The molecule has 0 saturated heterocycles. The van der Waals surface area contributed by atoms with E-state index in [1.54, 1.807) is 6.07 Å². The fraction of sp³-hybridized carbons (Fsp3) is 0.111. The summed E-state index contributed by atoms with van der Waals surface area (Å²) in [5.74, 6) is -1.27. The third-order valence-corrected chi connectivity index (χ3v) is 2.25. The van der Waals surface area contributed by atoms with Crippen molar-refractivity contribution >= 4 is 21.9 Å². The molecule has 0 aliphatic heterocycles. The number of nitrogens with one attached hydrogen (secondary N) is 1. The summed E-state index contributed by atoms with van der Waals surface area (Å²) in [6, 6.07) is 5.75. The number of benzene rings is 1. The minimum absolute atomic E-state index is 0.0476. The molecular formula is C9H9N3O5S. The molecule has 96 valence electrons. The highest BCUT2D eigenvalue weighted by atomic mass is 32.2. The Kier molecular flexibility index (Phi) is 4.09. The average molecular weight is 271 g/mol. The SMILES string of the molecule is N#Cc1c(NS(N)(=O)=O)cccc1OCC(=O)O. The number of hydrogen-bond acceptors (Lipinski definition) is 5. The van der Waals surface area contributed by atoms with Gasteiger partial charge in [-0.05, 0) is 12.1 Å². The molecular weight excluding hydrogens is 262 g/mol. The van der Waals surface area contributed by atoms with Crippen molar-refractivity contribution in [2.75, 3.05) is 11.3 Å². The number of aliphatic carboxylic acids is 1. The lowest BCUT2D eigenvalue weighted by atomic mass is 10.2. The lowest BCUT2D eigenvalue weighted by Gasteiger charge is -2.10. The zero-order chi connectivity index (χ0) is 13.8. The van der Waals surface area contributed by atoms with Crippen LogP contribution in [0.1, 0.15) is 5.56 Å². The van der Waals surface area contributed by atoms with Crippen LogP contribution in [0.15, 0.2) is 18.2 Å². The first-order valence-corrected chi connectivity index (χ1v) is 6.06. The van der Waals surface area contributed by atoms with Crippen LogP contribution in [0.3, 0.4) is 0 Å². The number of rotatable bonds is 5. The van der Waals surface area contributed by atoms with Gasteiger partial charge in [-0.2, -0.15) is 13.7 Å². The van der Waals surface area contributed by atoms with Crippen molar-refractivity contribution in [2.45, 2.75) is 0 Å². The number of carboxylic acids is 1. The molecule has 0 aromatic heterocycles. The summed E-state index contributed by atoms with van der Waals surface area (Å²) in [6.07, 6.45) is 0. The van der Waals surface area contributed by atoms with Crippen LogP contribution in [0, 0.1) is 11.3 Å². The summed E-state index contributed by atoms with van der Waals surface area (Å²) >= 11 is 0. The van der Waals surface area contributed by atoms with E-state index in [9.17, 15) is 13.2 Å². The maximum Gasteiger partial charge on any atom is 0.341 e. The Hall–Kier alpha value is -2.31. The van der Waals surface area contributed by atoms with Crippen LogP contribution < -0.4 is 14.6 Å². The first-order valence-electron chi connectivity index (χ1n) is 4.51. The maximum absolute atomic E-state index is 10.9. The van der Waals surface area contributed by atoms with Gasteiger partial charge < -0.3 is 9.84 Å². The van der Waals surface area contributed by atoms with Crippen LogP contribution in [0.5, 0.6) is 5.75 Å². The fourth-order valence-electron chi connectivity index (χ4n) is 1.14. The fourth-order valence-corrected chi connectivity index (χ4v) is 1.62. The second-order valence-corrected chi connectivity index (χ2v) is 4.41. The second kappa shape index (κ2) is 5.35. The predicted octanol–water partition coefficient (Wildman–Crippen LogP) is -0.363. The molecule has 0 aliphatic carbocycles. The van der Waals surface area contributed by atoms with Crippen molar-refractivity contribution in [1.29, 1.82) is 5.26 Å². The van der Waals surface area contributed by atoms with Crippen LogP contribution in [0.25, 0.3) is 0 Å². The lowest BCUT2D eigenvalue weighted by molar-refractivity contribution is -0.139. The van der Waals surface area contributed by atoms with Crippen molar-refractivity contribution in [2.24, 2.45) is 5.14 Å². The Morgan fingerprint density at radius 3 is 2.72 bits per heavy atom. The zero-order valence-electron chi connectivity index (χ0n) is 8.95. The molecule has 8 nitrogen and oxygen atoms in total. The van der Waals surface area contributed by atoms with Gasteiger partial charge in [0.05, 0.1) is 5.69 Å². The topological polar surface area (TPSA) is 143 Å². The van der Waals surface area contributed by atoms with Gasteiger partial charge in [0.25, 0.3) is 10.2 Å². The smallest absolute Gasteiger partial charge is 0.341 e. The van der Waals surface area contributed by atoms with E-state index in [2.05, 4.69) is 0 Å². The number of hydrogen-bond donors (Lipinski definition) is 3. The van der Waals surface area contributed by atoms with Crippen LogP contribution in [0.2, 0.25) is 0 Å². The first kappa shape index (κ1) is 13.8. The predicted molar refractivity (Wildman–Crippen MR) is 61.0 cm³/mol. The summed E-state index contributed by atoms with van der Waals surface area (Å²) in [5, 5.41) is 22.1. The Morgan fingerprint density at radius 2 is 2.22 bits per heavy atom.